The lowest BCUT2D eigenvalue weighted by atomic mass is 10.1. The van der Waals surface area contributed by atoms with Crippen molar-refractivity contribution in [2.45, 2.75) is 0 Å². The molecule has 0 amide bonds. The molecule has 2 aromatic carbocycles. The number of hydrogen-bond donors (Lipinski definition) is 2. The van der Waals surface area contributed by atoms with Gasteiger partial charge in [-0.15, -0.1) is 4.91 Å². The number of carbonyl (C=O) groups is 1. The Hall–Kier alpha value is -4.25. The minimum Gasteiger partial charge on any atom is -0.480 e. The first-order valence-corrected chi connectivity index (χ1v) is 10.7. The van der Waals surface area contributed by atoms with Crippen molar-refractivity contribution in [2.24, 2.45) is 5.18 Å². The molecule has 1 aliphatic heterocycles. The summed E-state index contributed by atoms with van der Waals surface area (Å²) in [5, 5.41) is 19.1. The number of carboxylic acid groups (broad SMARTS) is 1. The average molecular weight is 461 g/mol. The summed E-state index contributed by atoms with van der Waals surface area (Å²) in [7, 11) is 0. The fourth-order valence-electron chi connectivity index (χ4n) is 4.13. The molecule has 1 fully saturated rings. The van der Waals surface area contributed by atoms with E-state index in [1.807, 2.05) is 29.2 Å². The Morgan fingerprint density at radius 1 is 1.12 bits per heavy atom. The van der Waals surface area contributed by atoms with E-state index in [1.165, 1.54) is 24.4 Å². The smallest absolute Gasteiger partial charge is 0.317 e. The molecule has 0 radical (unpaired) electrons. The van der Waals surface area contributed by atoms with Gasteiger partial charge in [0.2, 0.25) is 0 Å². The zero-order chi connectivity index (χ0) is 23.7. The average Bonchev–Trinajstić information content (AvgIpc) is 3.27. The number of H-pyrrole nitrogens is 1. The van der Waals surface area contributed by atoms with E-state index in [2.05, 4.69) is 30.2 Å². The van der Waals surface area contributed by atoms with Crippen molar-refractivity contribution in [1.82, 2.24) is 25.1 Å². The summed E-state index contributed by atoms with van der Waals surface area (Å²) in [4.78, 5) is 34.9. The number of piperazine rings is 1. The van der Waals surface area contributed by atoms with Crippen molar-refractivity contribution >= 4 is 28.4 Å². The fraction of sp³-hybridized carbons (Fsp3) is 0.217. The molecule has 1 aliphatic rings. The Morgan fingerprint density at radius 3 is 2.59 bits per heavy atom. The molecule has 1 saturated heterocycles. The van der Waals surface area contributed by atoms with E-state index in [0.29, 0.717) is 29.8 Å². The second-order valence-corrected chi connectivity index (χ2v) is 7.96. The number of hydrogen-bond acceptors (Lipinski definition) is 8. The van der Waals surface area contributed by atoms with Crippen LogP contribution < -0.4 is 4.90 Å². The molecule has 3 heterocycles. The highest BCUT2D eigenvalue weighted by Crippen LogP contribution is 2.33. The number of rotatable bonds is 6. The summed E-state index contributed by atoms with van der Waals surface area (Å²) in [6.45, 7) is 2.91. The second kappa shape index (κ2) is 8.94. The highest BCUT2D eigenvalue weighted by molar-refractivity contribution is 5.90. The molecule has 34 heavy (non-hydrogen) atoms. The Kier molecular flexibility index (Phi) is 5.68. The van der Waals surface area contributed by atoms with Crippen LogP contribution in [0, 0.1) is 10.7 Å². The van der Waals surface area contributed by atoms with Crippen molar-refractivity contribution < 1.29 is 14.3 Å². The molecule has 5 rings (SSSR count). The molecule has 0 unspecified atom stereocenters. The molecule has 2 aromatic heterocycles. The minimum atomic E-state index is -0.815. The number of nitrogens with one attached hydrogen (secondary N) is 1. The number of nitrogens with zero attached hydrogens (tertiary/aromatic N) is 6. The Bertz CT molecular complexity index is 1370. The normalized spacial score (nSPS) is 14.4. The molecule has 0 saturated carbocycles. The molecule has 0 bridgehead atoms. The summed E-state index contributed by atoms with van der Waals surface area (Å²) in [5.41, 5.74) is 3.37. The Morgan fingerprint density at radius 2 is 1.88 bits per heavy atom. The lowest BCUT2D eigenvalue weighted by Gasteiger charge is -2.35. The lowest BCUT2D eigenvalue weighted by Crippen LogP contribution is -2.47. The number of carboxylic acids is 1. The Balaban J connectivity index is 1.42. The number of benzene rings is 2. The monoisotopic (exact) mass is 461 g/mol. The molecule has 0 atom stereocenters. The third kappa shape index (κ3) is 4.08. The maximum atomic E-state index is 14.4. The van der Waals surface area contributed by atoms with Gasteiger partial charge in [-0.2, -0.15) is 5.10 Å². The number of nitroso groups, excluding NO2 is 1. The van der Waals surface area contributed by atoms with Crippen molar-refractivity contribution in [2.75, 3.05) is 37.6 Å². The lowest BCUT2D eigenvalue weighted by molar-refractivity contribution is -0.138. The maximum absolute atomic E-state index is 14.4. The molecule has 172 valence electrons. The van der Waals surface area contributed by atoms with Crippen molar-refractivity contribution in [1.29, 1.82) is 0 Å². The number of halogens is 1. The third-order valence-electron chi connectivity index (χ3n) is 5.85. The van der Waals surface area contributed by atoms with Gasteiger partial charge in [-0.25, -0.2) is 14.4 Å². The van der Waals surface area contributed by atoms with Gasteiger partial charge in [0.1, 0.15) is 28.2 Å². The number of aromatic amines is 1. The van der Waals surface area contributed by atoms with Crippen LogP contribution in [0.25, 0.3) is 33.7 Å². The Labute approximate surface area is 193 Å². The van der Waals surface area contributed by atoms with Crippen LogP contribution in [0.2, 0.25) is 0 Å². The van der Waals surface area contributed by atoms with Gasteiger partial charge in [0.05, 0.1) is 18.3 Å². The molecular weight excluding hydrogens is 441 g/mol. The summed E-state index contributed by atoms with van der Waals surface area (Å²) in [6.07, 6.45) is 1.50. The van der Waals surface area contributed by atoms with Crippen LogP contribution in [0.4, 0.5) is 15.8 Å². The van der Waals surface area contributed by atoms with Gasteiger partial charge in [-0.05, 0) is 29.4 Å². The highest BCUT2D eigenvalue weighted by Gasteiger charge is 2.20. The van der Waals surface area contributed by atoms with Crippen molar-refractivity contribution in [3.63, 3.8) is 0 Å². The second-order valence-electron chi connectivity index (χ2n) is 7.96. The predicted octanol–water partition coefficient (Wildman–Crippen LogP) is 3.43. The van der Waals surface area contributed by atoms with Gasteiger partial charge in [0.25, 0.3) is 0 Å². The largest absolute Gasteiger partial charge is 0.480 e. The predicted molar refractivity (Wildman–Crippen MR) is 124 cm³/mol. The van der Waals surface area contributed by atoms with Crippen LogP contribution in [0.5, 0.6) is 0 Å². The topological polar surface area (TPSA) is 128 Å². The SMILES string of the molecule is O=Nc1cccc(F)c1-c1ncc2[nH]nc(-c3ccc(N4CCN(CC(=O)O)CC4)cc3)c2n1. The molecule has 2 N–H and O–H groups in total. The standard InChI is InChI=1S/C23H20FN7O3/c24-16-2-1-3-17(29-34)20(16)23-25-12-18-22(26-23)21(28-27-18)14-4-6-15(7-5-14)31-10-8-30(9-11-31)13-19(32)33/h1-7,12H,8-11,13H2,(H,27,28)(H,32,33). The molecular formula is C23H20FN7O3. The molecule has 4 aromatic rings. The zero-order valence-electron chi connectivity index (χ0n) is 18.0. The van der Waals surface area contributed by atoms with Crippen LogP contribution in [0.15, 0.2) is 53.8 Å². The van der Waals surface area contributed by atoms with Gasteiger partial charge in [0.15, 0.2) is 5.82 Å². The molecule has 0 aliphatic carbocycles. The van der Waals surface area contributed by atoms with Crippen molar-refractivity contribution in [3.8, 4) is 22.6 Å². The van der Waals surface area contributed by atoms with Crippen molar-refractivity contribution in [3.05, 3.63) is 59.4 Å². The third-order valence-corrected chi connectivity index (χ3v) is 5.85. The minimum absolute atomic E-state index is 0.0519. The first-order valence-electron chi connectivity index (χ1n) is 10.7. The molecule has 10 nitrogen and oxygen atoms in total. The first-order chi connectivity index (χ1) is 16.5. The van der Waals surface area contributed by atoms with Crippen LogP contribution in [0.1, 0.15) is 0 Å². The van der Waals surface area contributed by atoms with Crippen LogP contribution in [0.3, 0.4) is 0 Å². The van der Waals surface area contributed by atoms with Gasteiger partial charge in [-0.3, -0.25) is 14.8 Å². The van der Waals surface area contributed by atoms with Crippen LogP contribution in [-0.2, 0) is 4.79 Å². The number of anilines is 1. The molecule has 11 heteroatoms. The van der Waals surface area contributed by atoms with E-state index >= 15 is 0 Å². The fourth-order valence-corrected chi connectivity index (χ4v) is 4.13. The summed E-state index contributed by atoms with van der Waals surface area (Å²) < 4.78 is 14.4. The first kappa shape index (κ1) is 21.6. The van der Waals surface area contributed by atoms with Crippen LogP contribution >= 0.6 is 0 Å². The van der Waals surface area contributed by atoms with Gasteiger partial charge >= 0.3 is 5.97 Å². The number of fused-ring (bicyclic) bond motifs is 1. The summed E-state index contributed by atoms with van der Waals surface area (Å²) in [6, 6.07) is 11.9. The zero-order valence-corrected chi connectivity index (χ0v) is 18.0. The van der Waals surface area contributed by atoms with E-state index in [1.54, 1.807) is 0 Å². The number of aliphatic carboxylic acids is 1. The van der Waals surface area contributed by atoms with E-state index in [0.717, 1.165) is 24.3 Å². The maximum Gasteiger partial charge on any atom is 0.317 e. The quantitative estimate of drug-likeness (QED) is 0.418. The summed E-state index contributed by atoms with van der Waals surface area (Å²) >= 11 is 0. The van der Waals surface area contributed by atoms with E-state index in [-0.39, 0.29) is 23.6 Å². The van der Waals surface area contributed by atoms with Gasteiger partial charge in [-0.1, -0.05) is 18.2 Å². The number of aromatic nitrogens is 4. The van der Waals surface area contributed by atoms with E-state index < -0.39 is 11.8 Å². The van der Waals surface area contributed by atoms with E-state index in [4.69, 9.17) is 5.11 Å². The van der Waals surface area contributed by atoms with E-state index in [9.17, 15) is 14.1 Å². The van der Waals surface area contributed by atoms with Gasteiger partial charge in [0, 0.05) is 37.4 Å². The summed E-state index contributed by atoms with van der Waals surface area (Å²) in [5.74, 6) is -1.39. The highest BCUT2D eigenvalue weighted by atomic mass is 19.1. The molecule has 0 spiro atoms. The van der Waals surface area contributed by atoms with Crippen LogP contribution in [-0.4, -0.2) is 68.9 Å². The van der Waals surface area contributed by atoms with Gasteiger partial charge < -0.3 is 10.0 Å².